The smallest absolute Gasteiger partial charge is 0.336 e. The van der Waals surface area contributed by atoms with E-state index in [0.29, 0.717) is 42.0 Å². The number of nitro benzene ring substituents is 1. The molecule has 1 N–H and O–H groups in total. The molecule has 0 amide bonds. The lowest BCUT2D eigenvalue weighted by molar-refractivity contribution is -0.385. The first-order valence-corrected chi connectivity index (χ1v) is 8.82. The summed E-state index contributed by atoms with van der Waals surface area (Å²) in [6, 6.07) is 2.76. The van der Waals surface area contributed by atoms with Gasteiger partial charge in [0, 0.05) is 29.0 Å². The van der Waals surface area contributed by atoms with Crippen molar-refractivity contribution in [3.05, 3.63) is 50.4 Å². The van der Waals surface area contributed by atoms with E-state index in [2.05, 4.69) is 5.32 Å². The maximum Gasteiger partial charge on any atom is 0.336 e. The fourth-order valence-electron chi connectivity index (χ4n) is 4.01. The molecule has 0 unspecified atom stereocenters. The van der Waals surface area contributed by atoms with Gasteiger partial charge in [-0.15, -0.1) is 0 Å². The Morgan fingerprint density at radius 3 is 2.68 bits per heavy atom. The first-order chi connectivity index (χ1) is 13.4. The van der Waals surface area contributed by atoms with Gasteiger partial charge < -0.3 is 19.5 Å². The molecule has 1 atom stereocenters. The number of carbonyl (C=O) groups excluding carboxylic acids is 2. The normalized spacial score (nSPS) is 20.6. The Morgan fingerprint density at radius 1 is 1.29 bits per heavy atom. The van der Waals surface area contributed by atoms with E-state index in [1.165, 1.54) is 19.2 Å². The van der Waals surface area contributed by atoms with E-state index in [-0.39, 0.29) is 35.1 Å². The van der Waals surface area contributed by atoms with Crippen molar-refractivity contribution in [2.24, 2.45) is 0 Å². The van der Waals surface area contributed by atoms with Gasteiger partial charge in [-0.05, 0) is 25.8 Å². The highest BCUT2D eigenvalue weighted by molar-refractivity contribution is 6.04. The molecule has 0 bridgehead atoms. The van der Waals surface area contributed by atoms with E-state index >= 15 is 0 Å². The quantitative estimate of drug-likeness (QED) is 0.478. The van der Waals surface area contributed by atoms with Crippen LogP contribution in [-0.4, -0.2) is 30.6 Å². The van der Waals surface area contributed by atoms with Crippen LogP contribution < -0.4 is 14.8 Å². The average Bonchev–Trinajstić information content (AvgIpc) is 3.13. The molecule has 1 aromatic rings. The molecule has 28 heavy (non-hydrogen) atoms. The second-order valence-corrected chi connectivity index (χ2v) is 6.78. The molecular weight excluding hydrogens is 368 g/mol. The minimum Gasteiger partial charge on any atom is -0.466 e. The van der Waals surface area contributed by atoms with Crippen LogP contribution in [-0.2, 0) is 14.3 Å². The average molecular weight is 386 g/mol. The fraction of sp³-hybridized carbons (Fsp3) is 0.368. The van der Waals surface area contributed by atoms with Crippen molar-refractivity contribution in [2.75, 3.05) is 13.9 Å². The van der Waals surface area contributed by atoms with Crippen LogP contribution in [0.1, 0.15) is 37.7 Å². The molecule has 0 aromatic heterocycles. The molecule has 0 fully saturated rings. The zero-order chi connectivity index (χ0) is 20.0. The number of nitro groups is 1. The number of nitrogens with zero attached hydrogens (tertiary/aromatic N) is 1. The van der Waals surface area contributed by atoms with Gasteiger partial charge in [-0.2, -0.15) is 0 Å². The Bertz CT molecular complexity index is 977. The van der Waals surface area contributed by atoms with Gasteiger partial charge in [0.25, 0.3) is 5.69 Å². The van der Waals surface area contributed by atoms with Crippen molar-refractivity contribution in [1.29, 1.82) is 0 Å². The number of carbonyl (C=O) groups is 2. The number of hydrogen-bond acceptors (Lipinski definition) is 8. The number of ether oxygens (including phenoxy) is 3. The summed E-state index contributed by atoms with van der Waals surface area (Å²) in [6.45, 7) is 1.65. The van der Waals surface area contributed by atoms with Crippen LogP contribution in [0.2, 0.25) is 0 Å². The molecule has 0 saturated heterocycles. The van der Waals surface area contributed by atoms with E-state index in [0.717, 1.165) is 0 Å². The standard InChI is InChI=1S/C19H18N2O7/c1-9-16(19(23)26-2)17(18-11(20-9)4-3-5-13(18)22)10-6-14-15(28-8-27-14)7-12(10)21(24)25/h6-7,17,20H,3-5,8H2,1-2H3/t17-/m0/s1. The van der Waals surface area contributed by atoms with Gasteiger partial charge >= 0.3 is 5.97 Å². The highest BCUT2D eigenvalue weighted by Gasteiger charge is 2.42. The number of benzene rings is 1. The van der Waals surface area contributed by atoms with Crippen molar-refractivity contribution in [3.63, 3.8) is 0 Å². The van der Waals surface area contributed by atoms with Crippen LogP contribution in [0, 0.1) is 10.1 Å². The molecule has 1 aromatic carbocycles. The number of hydrogen-bond donors (Lipinski definition) is 1. The SMILES string of the molecule is COC(=O)C1=C(C)NC2=C(C(=O)CCC2)[C@H]1c1cc2c(cc1[N+](=O)[O-])OCO2. The lowest BCUT2D eigenvalue weighted by Crippen LogP contribution is -2.34. The van der Waals surface area contributed by atoms with Crippen molar-refractivity contribution >= 4 is 17.4 Å². The summed E-state index contributed by atoms with van der Waals surface area (Å²) < 4.78 is 15.6. The number of allylic oxidation sites excluding steroid dienone is 3. The highest BCUT2D eigenvalue weighted by Crippen LogP contribution is 2.48. The third-order valence-electron chi connectivity index (χ3n) is 5.21. The van der Waals surface area contributed by atoms with Gasteiger partial charge in [-0.25, -0.2) is 4.79 Å². The van der Waals surface area contributed by atoms with Gasteiger partial charge in [0.05, 0.1) is 29.6 Å². The van der Waals surface area contributed by atoms with Gasteiger partial charge in [0.1, 0.15) is 0 Å². The third kappa shape index (κ3) is 2.70. The zero-order valence-corrected chi connectivity index (χ0v) is 15.4. The Morgan fingerprint density at radius 2 is 2.00 bits per heavy atom. The summed E-state index contributed by atoms with van der Waals surface area (Å²) in [5.41, 5.74) is 1.72. The molecule has 0 saturated carbocycles. The number of Topliss-reactive ketones (excluding diaryl/α,β-unsaturated/α-hetero) is 1. The summed E-state index contributed by atoms with van der Waals surface area (Å²) in [6.07, 6.45) is 1.63. The lowest BCUT2D eigenvalue weighted by atomic mass is 9.74. The predicted octanol–water partition coefficient (Wildman–Crippen LogP) is 2.46. The van der Waals surface area contributed by atoms with Gasteiger partial charge in [-0.1, -0.05) is 0 Å². The molecule has 2 aliphatic heterocycles. The van der Waals surface area contributed by atoms with E-state index < -0.39 is 16.8 Å². The van der Waals surface area contributed by atoms with Crippen LogP contribution in [0.5, 0.6) is 11.5 Å². The molecule has 1 aliphatic carbocycles. The van der Waals surface area contributed by atoms with Crippen molar-refractivity contribution in [2.45, 2.75) is 32.1 Å². The third-order valence-corrected chi connectivity index (χ3v) is 5.21. The molecule has 3 aliphatic rings. The maximum absolute atomic E-state index is 12.8. The maximum atomic E-state index is 12.8. The van der Waals surface area contributed by atoms with Gasteiger partial charge in [0.2, 0.25) is 6.79 Å². The Labute approximate surface area is 160 Å². The first-order valence-electron chi connectivity index (χ1n) is 8.82. The lowest BCUT2D eigenvalue weighted by Gasteiger charge is -2.33. The van der Waals surface area contributed by atoms with Crippen molar-refractivity contribution in [3.8, 4) is 11.5 Å². The molecule has 2 heterocycles. The fourth-order valence-corrected chi connectivity index (χ4v) is 4.01. The number of fused-ring (bicyclic) bond motifs is 1. The van der Waals surface area contributed by atoms with E-state index in [1.807, 2.05) is 0 Å². The summed E-state index contributed by atoms with van der Waals surface area (Å²) in [5, 5.41) is 14.9. The van der Waals surface area contributed by atoms with Crippen molar-refractivity contribution < 1.29 is 28.7 Å². The topological polar surface area (TPSA) is 117 Å². The minimum absolute atomic E-state index is 0.0479. The Kier molecular flexibility index (Phi) is 4.29. The number of dihydropyridines is 1. The molecule has 9 nitrogen and oxygen atoms in total. The number of rotatable bonds is 3. The predicted molar refractivity (Wildman–Crippen MR) is 95.7 cm³/mol. The number of ketones is 1. The van der Waals surface area contributed by atoms with Crippen LogP contribution >= 0.6 is 0 Å². The molecule has 0 radical (unpaired) electrons. The minimum atomic E-state index is -0.911. The highest BCUT2D eigenvalue weighted by atomic mass is 16.7. The molecule has 4 rings (SSSR count). The monoisotopic (exact) mass is 386 g/mol. The Hall–Kier alpha value is -3.36. The second-order valence-electron chi connectivity index (χ2n) is 6.78. The number of methoxy groups -OCH3 is 1. The van der Waals surface area contributed by atoms with Crippen LogP contribution in [0.15, 0.2) is 34.7 Å². The van der Waals surface area contributed by atoms with Crippen LogP contribution in [0.25, 0.3) is 0 Å². The summed E-state index contributed by atoms with van der Waals surface area (Å²) in [7, 11) is 1.24. The zero-order valence-electron chi connectivity index (χ0n) is 15.4. The molecule has 9 heteroatoms. The molecular formula is C19H18N2O7. The van der Waals surface area contributed by atoms with E-state index in [1.54, 1.807) is 6.92 Å². The van der Waals surface area contributed by atoms with Crippen LogP contribution in [0.4, 0.5) is 5.69 Å². The van der Waals surface area contributed by atoms with Gasteiger partial charge in [0.15, 0.2) is 17.3 Å². The largest absolute Gasteiger partial charge is 0.466 e. The number of esters is 1. The van der Waals surface area contributed by atoms with E-state index in [4.69, 9.17) is 14.2 Å². The summed E-state index contributed by atoms with van der Waals surface area (Å²) in [4.78, 5) is 36.6. The second kappa shape index (κ2) is 6.66. The molecule has 146 valence electrons. The molecule has 0 spiro atoms. The number of nitrogens with one attached hydrogen (secondary N) is 1. The summed E-state index contributed by atoms with van der Waals surface area (Å²) in [5.74, 6) is -1.10. The summed E-state index contributed by atoms with van der Waals surface area (Å²) >= 11 is 0. The van der Waals surface area contributed by atoms with Crippen LogP contribution in [0.3, 0.4) is 0 Å². The van der Waals surface area contributed by atoms with Gasteiger partial charge in [-0.3, -0.25) is 14.9 Å². The Balaban J connectivity index is 1.99. The van der Waals surface area contributed by atoms with E-state index in [9.17, 15) is 19.7 Å². The first kappa shape index (κ1) is 18.0. The van der Waals surface area contributed by atoms with Crippen molar-refractivity contribution in [1.82, 2.24) is 5.32 Å².